The summed E-state index contributed by atoms with van der Waals surface area (Å²) < 4.78 is 37.5. The molecule has 1 aromatic heterocycles. The lowest BCUT2D eigenvalue weighted by Crippen LogP contribution is -2.52. The van der Waals surface area contributed by atoms with Crippen molar-refractivity contribution in [3.63, 3.8) is 0 Å². The molecule has 1 unspecified atom stereocenters. The van der Waals surface area contributed by atoms with E-state index in [1.807, 2.05) is 0 Å². The Bertz CT molecular complexity index is 772. The quantitative estimate of drug-likeness (QED) is 0.913. The van der Waals surface area contributed by atoms with Gasteiger partial charge in [-0.25, -0.2) is 18.6 Å². The number of benzene rings is 1. The van der Waals surface area contributed by atoms with E-state index in [0.29, 0.717) is 0 Å². The molecular weight excluding hydrogens is 326 g/mol. The maximum Gasteiger partial charge on any atom is 0.328 e. The van der Waals surface area contributed by atoms with Gasteiger partial charge >= 0.3 is 5.97 Å². The van der Waals surface area contributed by atoms with Crippen molar-refractivity contribution in [3.05, 3.63) is 41.8 Å². The van der Waals surface area contributed by atoms with Crippen LogP contribution in [0.3, 0.4) is 0 Å². The van der Waals surface area contributed by atoms with E-state index >= 15 is 0 Å². The Balaban J connectivity index is 1.90. The van der Waals surface area contributed by atoms with Crippen LogP contribution in [0.2, 0.25) is 0 Å². The fourth-order valence-corrected chi connectivity index (χ4v) is 2.39. The summed E-state index contributed by atoms with van der Waals surface area (Å²) in [6.45, 7) is 0.0992. The van der Waals surface area contributed by atoms with E-state index < -0.39 is 41.0 Å². The number of carboxylic acids is 1. The number of hydrogen-bond acceptors (Lipinski definition) is 5. The molecule has 0 radical (unpaired) electrons. The Morgan fingerprint density at radius 2 is 2.00 bits per heavy atom. The van der Waals surface area contributed by atoms with Gasteiger partial charge in [0.1, 0.15) is 23.5 Å². The highest BCUT2D eigenvalue weighted by molar-refractivity contribution is 5.95. The second-order valence-electron chi connectivity index (χ2n) is 5.06. The summed E-state index contributed by atoms with van der Waals surface area (Å²) in [6.07, 6.45) is 0.942. The second-order valence-corrected chi connectivity index (χ2v) is 5.06. The summed E-state index contributed by atoms with van der Waals surface area (Å²) >= 11 is 0. The Morgan fingerprint density at radius 1 is 1.29 bits per heavy atom. The van der Waals surface area contributed by atoms with Crippen molar-refractivity contribution in [3.8, 4) is 11.5 Å². The Labute approximate surface area is 134 Å². The minimum absolute atomic E-state index is 0.0616. The van der Waals surface area contributed by atoms with Crippen LogP contribution in [0.5, 0.6) is 0 Å². The monoisotopic (exact) mass is 338 g/mol. The lowest BCUT2D eigenvalue weighted by molar-refractivity contribution is -0.147. The molecule has 1 aromatic carbocycles. The Morgan fingerprint density at radius 3 is 2.67 bits per heavy atom. The number of oxazole rings is 1. The van der Waals surface area contributed by atoms with Gasteiger partial charge in [0, 0.05) is 6.54 Å². The number of hydrogen-bond donors (Lipinski definition) is 1. The van der Waals surface area contributed by atoms with Gasteiger partial charge in [-0.15, -0.1) is 0 Å². The summed E-state index contributed by atoms with van der Waals surface area (Å²) in [5, 5.41) is 9.14. The molecule has 3 rings (SSSR count). The van der Waals surface area contributed by atoms with Crippen molar-refractivity contribution in [2.75, 3.05) is 19.8 Å². The van der Waals surface area contributed by atoms with E-state index in [0.717, 1.165) is 23.3 Å². The second kappa shape index (κ2) is 6.36. The minimum Gasteiger partial charge on any atom is -0.480 e. The molecule has 0 spiro atoms. The average molecular weight is 338 g/mol. The number of morpholine rings is 1. The molecule has 0 aliphatic carbocycles. The zero-order valence-electron chi connectivity index (χ0n) is 12.2. The maximum absolute atomic E-state index is 13.7. The van der Waals surface area contributed by atoms with E-state index in [1.165, 1.54) is 6.07 Å². The standard InChI is InChI=1S/C15H12F2N2O5/c16-8-2-1-3-9(17)12(8)13-18-10(6-24-13)14(20)19-4-5-23-7-11(19)15(21)22/h1-3,6,11H,4-5,7H2,(H,21,22). The van der Waals surface area contributed by atoms with Gasteiger partial charge in [0.2, 0.25) is 5.89 Å². The highest BCUT2D eigenvalue weighted by Gasteiger charge is 2.34. The third-order valence-electron chi connectivity index (χ3n) is 3.57. The van der Waals surface area contributed by atoms with E-state index in [1.54, 1.807) is 0 Å². The van der Waals surface area contributed by atoms with E-state index in [9.17, 15) is 18.4 Å². The fraction of sp³-hybridized carbons (Fsp3) is 0.267. The lowest BCUT2D eigenvalue weighted by atomic mass is 10.2. The number of carbonyl (C=O) groups excluding carboxylic acids is 1. The van der Waals surface area contributed by atoms with Crippen molar-refractivity contribution in [1.82, 2.24) is 9.88 Å². The van der Waals surface area contributed by atoms with Crippen LogP contribution >= 0.6 is 0 Å². The highest BCUT2D eigenvalue weighted by atomic mass is 19.1. The third kappa shape index (κ3) is 2.85. The molecular formula is C15H12F2N2O5. The predicted octanol–water partition coefficient (Wildman–Crippen LogP) is 1.55. The first kappa shape index (κ1) is 16.1. The van der Waals surface area contributed by atoms with Gasteiger partial charge in [0.05, 0.1) is 13.2 Å². The topological polar surface area (TPSA) is 92.9 Å². The van der Waals surface area contributed by atoms with Crippen molar-refractivity contribution >= 4 is 11.9 Å². The molecule has 7 nitrogen and oxygen atoms in total. The largest absolute Gasteiger partial charge is 0.480 e. The predicted molar refractivity (Wildman–Crippen MR) is 75.1 cm³/mol. The molecule has 1 N–H and O–H groups in total. The highest BCUT2D eigenvalue weighted by Crippen LogP contribution is 2.25. The first-order valence-electron chi connectivity index (χ1n) is 7.00. The number of aliphatic carboxylic acids is 1. The van der Waals surface area contributed by atoms with Gasteiger partial charge in [0.15, 0.2) is 11.7 Å². The molecule has 0 saturated carbocycles. The van der Waals surface area contributed by atoms with Crippen LogP contribution in [-0.4, -0.2) is 52.7 Å². The van der Waals surface area contributed by atoms with Crippen molar-refractivity contribution in [1.29, 1.82) is 0 Å². The molecule has 126 valence electrons. The van der Waals surface area contributed by atoms with Gasteiger partial charge in [0.25, 0.3) is 5.91 Å². The zero-order valence-corrected chi connectivity index (χ0v) is 12.2. The van der Waals surface area contributed by atoms with Crippen molar-refractivity contribution < 1.29 is 32.6 Å². The maximum atomic E-state index is 13.7. The van der Waals surface area contributed by atoms with Crippen molar-refractivity contribution in [2.24, 2.45) is 0 Å². The number of carbonyl (C=O) groups is 2. The van der Waals surface area contributed by atoms with Crippen LogP contribution in [0.4, 0.5) is 8.78 Å². The van der Waals surface area contributed by atoms with E-state index in [-0.39, 0.29) is 25.5 Å². The lowest BCUT2D eigenvalue weighted by Gasteiger charge is -2.32. The molecule has 9 heteroatoms. The van der Waals surface area contributed by atoms with E-state index in [4.69, 9.17) is 14.3 Å². The van der Waals surface area contributed by atoms with Crippen LogP contribution in [0.15, 0.2) is 28.9 Å². The van der Waals surface area contributed by atoms with Crippen LogP contribution in [0, 0.1) is 11.6 Å². The summed E-state index contributed by atoms with van der Waals surface area (Å²) in [5.41, 5.74) is -0.728. The normalized spacial score (nSPS) is 17.8. The van der Waals surface area contributed by atoms with Crippen LogP contribution < -0.4 is 0 Å². The van der Waals surface area contributed by atoms with Gasteiger partial charge in [-0.3, -0.25) is 4.79 Å². The zero-order chi connectivity index (χ0) is 17.3. The molecule has 1 aliphatic heterocycles. The summed E-state index contributed by atoms with van der Waals surface area (Å²) in [7, 11) is 0. The van der Waals surface area contributed by atoms with Crippen LogP contribution in [0.1, 0.15) is 10.5 Å². The fourth-order valence-electron chi connectivity index (χ4n) is 2.39. The van der Waals surface area contributed by atoms with Gasteiger partial charge in [-0.2, -0.15) is 0 Å². The number of carboxylic acid groups (broad SMARTS) is 1. The Hall–Kier alpha value is -2.81. The number of amides is 1. The van der Waals surface area contributed by atoms with Crippen LogP contribution in [-0.2, 0) is 9.53 Å². The smallest absolute Gasteiger partial charge is 0.328 e. The molecule has 2 heterocycles. The number of aromatic nitrogens is 1. The van der Waals surface area contributed by atoms with Crippen molar-refractivity contribution in [2.45, 2.75) is 6.04 Å². The number of nitrogens with zero attached hydrogens (tertiary/aromatic N) is 2. The number of halogens is 2. The summed E-state index contributed by atoms with van der Waals surface area (Å²) in [5.74, 6) is -4.09. The first-order chi connectivity index (χ1) is 11.5. The average Bonchev–Trinajstić information content (AvgIpc) is 3.03. The van der Waals surface area contributed by atoms with Gasteiger partial charge in [-0.1, -0.05) is 6.07 Å². The number of rotatable bonds is 3. The molecule has 2 aromatic rings. The molecule has 24 heavy (non-hydrogen) atoms. The first-order valence-corrected chi connectivity index (χ1v) is 7.00. The molecule has 0 bridgehead atoms. The van der Waals surface area contributed by atoms with E-state index in [2.05, 4.69) is 4.98 Å². The molecule has 1 saturated heterocycles. The molecule has 1 atom stereocenters. The Kier molecular flexibility index (Phi) is 4.26. The third-order valence-corrected chi connectivity index (χ3v) is 3.57. The molecule has 1 aliphatic rings. The molecule has 1 fully saturated rings. The minimum atomic E-state index is -1.22. The van der Waals surface area contributed by atoms with Gasteiger partial charge in [-0.05, 0) is 12.1 Å². The molecule has 1 amide bonds. The van der Waals surface area contributed by atoms with Crippen LogP contribution in [0.25, 0.3) is 11.5 Å². The SMILES string of the molecule is O=C(O)C1COCCN1C(=O)c1coc(-c2c(F)cccc2F)n1. The summed E-state index contributed by atoms with van der Waals surface area (Å²) in [4.78, 5) is 28.5. The number of ether oxygens (including phenoxy) is 1. The summed E-state index contributed by atoms with van der Waals surface area (Å²) in [6, 6.07) is 2.10. The van der Waals surface area contributed by atoms with Gasteiger partial charge < -0.3 is 19.2 Å².